The van der Waals surface area contributed by atoms with Crippen molar-refractivity contribution in [2.75, 3.05) is 35.1 Å². The average Bonchev–Trinajstić information content (AvgIpc) is 2.90. The van der Waals surface area contributed by atoms with Gasteiger partial charge in [0.15, 0.2) is 0 Å². The van der Waals surface area contributed by atoms with E-state index in [1.807, 2.05) is 12.1 Å². The summed E-state index contributed by atoms with van der Waals surface area (Å²) in [5.41, 5.74) is 5.25. The molecule has 1 N–H and O–H groups in total. The van der Waals surface area contributed by atoms with Gasteiger partial charge in [0, 0.05) is 56.8 Å². The normalized spacial score (nSPS) is 10.8. The minimum atomic E-state index is 0. The van der Waals surface area contributed by atoms with Gasteiger partial charge in [0.25, 0.3) is 0 Å². The molecule has 0 bridgehead atoms. The van der Waals surface area contributed by atoms with Crippen LogP contribution in [0.1, 0.15) is 0 Å². The second-order valence-electron chi connectivity index (χ2n) is 8.13. The standard InChI is InChI=1S/C29H25Cl2N3S.ClH/c30-17-19-34(20-18-31)22-11-15-24(16-12-22)35-23-13-9-21(10-14-23)32-29-25-5-1-3-7-27(25)33-28-8-4-2-6-26(28)29;/h1-16H,17-20H2,(H,32,33);1H. The summed E-state index contributed by atoms with van der Waals surface area (Å²) in [6, 6.07) is 33.6. The molecule has 4 aromatic carbocycles. The van der Waals surface area contributed by atoms with E-state index in [4.69, 9.17) is 28.2 Å². The van der Waals surface area contributed by atoms with E-state index in [9.17, 15) is 0 Å². The second-order valence-corrected chi connectivity index (χ2v) is 10.0. The Morgan fingerprint density at radius 3 is 1.69 bits per heavy atom. The number of nitrogens with one attached hydrogen (secondary N) is 1. The summed E-state index contributed by atoms with van der Waals surface area (Å²) in [6.07, 6.45) is 0. The molecule has 0 amide bonds. The van der Waals surface area contributed by atoms with E-state index in [2.05, 4.69) is 95.1 Å². The van der Waals surface area contributed by atoms with Gasteiger partial charge in [0.05, 0.1) is 16.7 Å². The fraction of sp³-hybridized carbons (Fsp3) is 0.138. The van der Waals surface area contributed by atoms with Gasteiger partial charge in [0.1, 0.15) is 0 Å². The Kier molecular flexibility index (Phi) is 9.22. The molecule has 5 rings (SSSR count). The van der Waals surface area contributed by atoms with Crippen LogP contribution in [0.3, 0.4) is 0 Å². The Balaban J connectivity index is 0.00000304. The van der Waals surface area contributed by atoms with Crippen LogP contribution < -0.4 is 10.2 Å². The molecular weight excluding hydrogens is 529 g/mol. The summed E-state index contributed by atoms with van der Waals surface area (Å²) in [5.74, 6) is 1.16. The van der Waals surface area contributed by atoms with Gasteiger partial charge in [-0.2, -0.15) is 0 Å². The SMILES string of the molecule is Cl.ClCCN(CCCl)c1ccc(Sc2ccc(Nc3c4ccccc4nc4ccccc34)cc2)cc1. The van der Waals surface area contributed by atoms with Crippen LogP contribution in [0.5, 0.6) is 0 Å². The van der Waals surface area contributed by atoms with Crippen molar-refractivity contribution in [3.8, 4) is 0 Å². The van der Waals surface area contributed by atoms with Crippen molar-refractivity contribution in [3.63, 3.8) is 0 Å². The first-order valence-electron chi connectivity index (χ1n) is 11.5. The highest BCUT2D eigenvalue weighted by Gasteiger charge is 2.10. The quantitative estimate of drug-likeness (QED) is 0.145. The van der Waals surface area contributed by atoms with E-state index in [-0.39, 0.29) is 12.4 Å². The molecule has 0 saturated heterocycles. The minimum Gasteiger partial charge on any atom is -0.369 e. The van der Waals surface area contributed by atoms with Gasteiger partial charge in [0.2, 0.25) is 0 Å². The van der Waals surface area contributed by atoms with Crippen LogP contribution in [0.4, 0.5) is 17.1 Å². The maximum atomic E-state index is 5.94. The summed E-state index contributed by atoms with van der Waals surface area (Å²) in [6.45, 7) is 1.58. The van der Waals surface area contributed by atoms with Crippen molar-refractivity contribution < 1.29 is 0 Å². The third-order valence-electron chi connectivity index (χ3n) is 5.86. The fourth-order valence-electron chi connectivity index (χ4n) is 4.16. The average molecular weight is 555 g/mol. The Morgan fingerprint density at radius 1 is 0.667 bits per heavy atom. The number of para-hydroxylation sites is 2. The number of fused-ring (bicyclic) bond motifs is 2. The molecular formula is C29H26Cl3N3S. The summed E-state index contributed by atoms with van der Waals surface area (Å²) in [7, 11) is 0. The first-order valence-corrected chi connectivity index (χ1v) is 13.4. The maximum absolute atomic E-state index is 5.94. The minimum absolute atomic E-state index is 0. The number of aromatic nitrogens is 1. The van der Waals surface area contributed by atoms with E-state index in [1.165, 1.54) is 9.79 Å². The molecule has 0 radical (unpaired) electrons. The van der Waals surface area contributed by atoms with Gasteiger partial charge < -0.3 is 10.2 Å². The number of hydrogen-bond donors (Lipinski definition) is 1. The molecule has 0 spiro atoms. The van der Waals surface area contributed by atoms with Crippen LogP contribution in [0.25, 0.3) is 21.8 Å². The van der Waals surface area contributed by atoms with E-state index < -0.39 is 0 Å². The van der Waals surface area contributed by atoms with Gasteiger partial charge >= 0.3 is 0 Å². The number of pyridine rings is 1. The maximum Gasteiger partial charge on any atom is 0.0730 e. The molecule has 0 saturated carbocycles. The van der Waals surface area contributed by atoms with Crippen molar-refractivity contribution in [2.45, 2.75) is 9.79 Å². The molecule has 184 valence electrons. The van der Waals surface area contributed by atoms with Crippen molar-refractivity contribution in [3.05, 3.63) is 97.1 Å². The van der Waals surface area contributed by atoms with Crippen molar-refractivity contribution >= 4 is 86.2 Å². The lowest BCUT2D eigenvalue weighted by molar-refractivity contribution is 0.873. The van der Waals surface area contributed by atoms with E-state index >= 15 is 0 Å². The fourth-order valence-corrected chi connectivity index (χ4v) is 5.38. The number of anilines is 3. The van der Waals surface area contributed by atoms with Crippen LogP contribution in [0.15, 0.2) is 107 Å². The highest BCUT2D eigenvalue weighted by molar-refractivity contribution is 7.99. The van der Waals surface area contributed by atoms with E-state index in [1.54, 1.807) is 11.8 Å². The number of nitrogens with zero attached hydrogens (tertiary/aromatic N) is 2. The van der Waals surface area contributed by atoms with Crippen LogP contribution in [0, 0.1) is 0 Å². The summed E-state index contributed by atoms with van der Waals surface area (Å²) in [4.78, 5) is 9.41. The zero-order chi connectivity index (χ0) is 24.0. The monoisotopic (exact) mass is 553 g/mol. The summed E-state index contributed by atoms with van der Waals surface area (Å²) >= 11 is 13.6. The zero-order valence-corrected chi connectivity index (χ0v) is 22.7. The molecule has 36 heavy (non-hydrogen) atoms. The Hall–Kier alpha value is -2.63. The van der Waals surface area contributed by atoms with Crippen LogP contribution >= 0.6 is 47.4 Å². The summed E-state index contributed by atoms with van der Waals surface area (Å²) < 4.78 is 0. The largest absolute Gasteiger partial charge is 0.369 e. The zero-order valence-electron chi connectivity index (χ0n) is 19.5. The van der Waals surface area contributed by atoms with Gasteiger partial charge in [-0.15, -0.1) is 35.6 Å². The molecule has 0 aliphatic heterocycles. The molecule has 1 aromatic heterocycles. The Labute approximate surface area is 232 Å². The van der Waals surface area contributed by atoms with E-state index in [0.29, 0.717) is 11.8 Å². The van der Waals surface area contributed by atoms with Crippen LogP contribution in [0.2, 0.25) is 0 Å². The van der Waals surface area contributed by atoms with Crippen LogP contribution in [-0.2, 0) is 0 Å². The molecule has 0 fully saturated rings. The van der Waals surface area contributed by atoms with Crippen molar-refractivity contribution in [2.24, 2.45) is 0 Å². The highest BCUT2D eigenvalue weighted by Crippen LogP contribution is 2.34. The molecule has 0 atom stereocenters. The number of rotatable bonds is 9. The van der Waals surface area contributed by atoms with E-state index in [0.717, 1.165) is 52.0 Å². The summed E-state index contributed by atoms with van der Waals surface area (Å²) in [5, 5.41) is 5.87. The molecule has 3 nitrogen and oxygen atoms in total. The number of hydrogen-bond acceptors (Lipinski definition) is 4. The molecule has 1 heterocycles. The second kappa shape index (κ2) is 12.6. The lowest BCUT2D eigenvalue weighted by atomic mass is 10.1. The predicted molar refractivity (Wildman–Crippen MR) is 160 cm³/mol. The number of benzene rings is 4. The third-order valence-corrected chi connectivity index (χ3v) is 7.21. The number of alkyl halides is 2. The first-order chi connectivity index (χ1) is 17.2. The highest BCUT2D eigenvalue weighted by atomic mass is 35.5. The molecule has 5 aromatic rings. The lowest BCUT2D eigenvalue weighted by Crippen LogP contribution is -2.27. The van der Waals surface area contributed by atoms with Gasteiger partial charge in [-0.25, -0.2) is 4.98 Å². The third kappa shape index (κ3) is 6.01. The smallest absolute Gasteiger partial charge is 0.0730 e. The molecule has 7 heteroatoms. The molecule has 0 unspecified atom stereocenters. The van der Waals surface area contributed by atoms with Gasteiger partial charge in [-0.1, -0.05) is 48.2 Å². The lowest BCUT2D eigenvalue weighted by Gasteiger charge is -2.23. The van der Waals surface area contributed by atoms with Crippen molar-refractivity contribution in [1.82, 2.24) is 4.98 Å². The molecule has 0 aliphatic carbocycles. The number of halogens is 3. The Morgan fingerprint density at radius 2 is 1.17 bits per heavy atom. The Bertz CT molecular complexity index is 1370. The van der Waals surface area contributed by atoms with Crippen molar-refractivity contribution in [1.29, 1.82) is 0 Å². The van der Waals surface area contributed by atoms with Gasteiger partial charge in [-0.05, 0) is 60.7 Å². The first kappa shape index (κ1) is 26.4. The van der Waals surface area contributed by atoms with Crippen LogP contribution in [-0.4, -0.2) is 29.8 Å². The predicted octanol–water partition coefficient (Wildman–Crippen LogP) is 8.99. The van der Waals surface area contributed by atoms with Gasteiger partial charge in [-0.3, -0.25) is 0 Å². The topological polar surface area (TPSA) is 28.2 Å². The molecule has 0 aliphatic rings.